The minimum absolute atomic E-state index is 0.00680. The van der Waals surface area contributed by atoms with Crippen LogP contribution in [0.5, 0.6) is 5.75 Å². The largest absolute Gasteiger partial charge is 0.494 e. The molecular formula is C27H33FN6O2. The number of fused-ring (bicyclic) bond motifs is 2. The van der Waals surface area contributed by atoms with Crippen molar-refractivity contribution in [1.82, 2.24) is 24.0 Å². The van der Waals surface area contributed by atoms with E-state index in [4.69, 9.17) is 15.5 Å². The Bertz CT molecular complexity index is 1430. The average Bonchev–Trinajstić information content (AvgIpc) is 3.54. The van der Waals surface area contributed by atoms with Gasteiger partial charge in [0.25, 0.3) is 5.91 Å². The van der Waals surface area contributed by atoms with E-state index in [1.165, 1.54) is 0 Å². The summed E-state index contributed by atoms with van der Waals surface area (Å²) in [6.45, 7) is 4.50. The first-order valence-corrected chi connectivity index (χ1v) is 12.5. The fraction of sp³-hybridized carbons (Fsp3) is 0.444. The zero-order chi connectivity index (χ0) is 25.6. The summed E-state index contributed by atoms with van der Waals surface area (Å²) in [5, 5.41) is 0.914. The summed E-state index contributed by atoms with van der Waals surface area (Å²) >= 11 is 0. The molecule has 3 atom stereocenters. The van der Waals surface area contributed by atoms with Crippen molar-refractivity contribution >= 4 is 28.0 Å². The third-order valence-corrected chi connectivity index (χ3v) is 7.62. The number of benzene rings is 1. The average molecular weight is 493 g/mol. The first kappa shape index (κ1) is 24.2. The first-order chi connectivity index (χ1) is 17.4. The Morgan fingerprint density at radius 1 is 1.25 bits per heavy atom. The van der Waals surface area contributed by atoms with Gasteiger partial charge in [-0.15, -0.1) is 0 Å². The molecule has 1 aromatic carbocycles. The first-order valence-electron chi connectivity index (χ1n) is 12.5. The van der Waals surface area contributed by atoms with Crippen molar-refractivity contribution in [3.8, 4) is 17.3 Å². The van der Waals surface area contributed by atoms with Crippen LogP contribution in [0.1, 0.15) is 37.0 Å². The molecule has 36 heavy (non-hydrogen) atoms. The van der Waals surface area contributed by atoms with E-state index >= 15 is 0 Å². The topological polar surface area (TPSA) is 91.2 Å². The van der Waals surface area contributed by atoms with Gasteiger partial charge in [0.05, 0.1) is 24.9 Å². The fourth-order valence-corrected chi connectivity index (χ4v) is 5.73. The number of carbonyl (C=O) groups excluding carboxylic acids is 1. The number of aromatic nitrogens is 4. The molecule has 0 bridgehead atoms. The van der Waals surface area contributed by atoms with Gasteiger partial charge < -0.3 is 24.5 Å². The van der Waals surface area contributed by atoms with Gasteiger partial charge >= 0.3 is 0 Å². The van der Waals surface area contributed by atoms with E-state index in [2.05, 4.69) is 18.8 Å². The van der Waals surface area contributed by atoms with E-state index in [-0.39, 0.29) is 30.5 Å². The number of halogens is 1. The number of nitrogens with two attached hydrogens (primary N) is 1. The number of amides is 1. The number of carbonyl (C=O) groups is 1. The molecule has 8 nitrogen and oxygen atoms in total. The van der Waals surface area contributed by atoms with Crippen LogP contribution in [0, 0.1) is 5.92 Å². The van der Waals surface area contributed by atoms with E-state index in [0.717, 1.165) is 29.4 Å². The predicted molar refractivity (Wildman–Crippen MR) is 139 cm³/mol. The van der Waals surface area contributed by atoms with Crippen molar-refractivity contribution in [2.24, 2.45) is 18.7 Å². The van der Waals surface area contributed by atoms with Gasteiger partial charge in [0.1, 0.15) is 23.6 Å². The van der Waals surface area contributed by atoms with Crippen molar-refractivity contribution in [3.05, 3.63) is 42.1 Å². The summed E-state index contributed by atoms with van der Waals surface area (Å²) in [7, 11) is 3.49. The molecule has 9 heteroatoms. The molecule has 4 aromatic rings. The van der Waals surface area contributed by atoms with Gasteiger partial charge in [-0.2, -0.15) is 0 Å². The van der Waals surface area contributed by atoms with Gasteiger partial charge in [0, 0.05) is 42.8 Å². The molecule has 2 N–H and O–H groups in total. The van der Waals surface area contributed by atoms with E-state index < -0.39 is 6.67 Å². The third-order valence-electron chi connectivity index (χ3n) is 7.62. The fourth-order valence-electron chi connectivity index (χ4n) is 5.73. The Morgan fingerprint density at radius 2 is 2.06 bits per heavy atom. The molecule has 0 radical (unpaired) electrons. The number of ether oxygens (including phenoxy) is 1. The zero-order valence-electron chi connectivity index (χ0n) is 21.2. The second-order valence-corrected chi connectivity index (χ2v) is 9.51. The summed E-state index contributed by atoms with van der Waals surface area (Å²) in [4.78, 5) is 24.9. The van der Waals surface area contributed by atoms with E-state index in [1.807, 2.05) is 45.3 Å². The Hall–Kier alpha value is -3.46. The molecule has 1 amide bonds. The van der Waals surface area contributed by atoms with Gasteiger partial charge in [-0.05, 0) is 42.7 Å². The number of hydrogen-bond donors (Lipinski definition) is 1. The predicted octanol–water partition coefficient (Wildman–Crippen LogP) is 4.16. The van der Waals surface area contributed by atoms with Crippen molar-refractivity contribution in [2.75, 3.05) is 20.3 Å². The molecule has 1 aliphatic rings. The summed E-state index contributed by atoms with van der Waals surface area (Å²) in [6.07, 6.45) is 3.45. The van der Waals surface area contributed by atoms with E-state index in [0.29, 0.717) is 34.8 Å². The van der Waals surface area contributed by atoms with Crippen LogP contribution in [0.25, 0.3) is 33.6 Å². The Morgan fingerprint density at radius 3 is 2.75 bits per heavy atom. The number of pyridine rings is 1. The summed E-state index contributed by atoms with van der Waals surface area (Å²) < 4.78 is 23.0. The van der Waals surface area contributed by atoms with Crippen LogP contribution in [0.4, 0.5) is 4.39 Å². The SMILES string of the molecule is CCC1CN(C(=O)c2cc(OC)c3c(c2)nc(-c2cc4cccnc4n2CCF)n3C)C(CC)C1N. The number of imidazole rings is 1. The molecule has 0 spiro atoms. The molecule has 1 aliphatic heterocycles. The van der Waals surface area contributed by atoms with Crippen LogP contribution in [0.2, 0.25) is 0 Å². The monoisotopic (exact) mass is 492 g/mol. The number of likely N-dealkylation sites (tertiary alicyclic amines) is 1. The molecule has 1 fully saturated rings. The normalized spacial score (nSPS) is 20.1. The Balaban J connectivity index is 1.62. The smallest absolute Gasteiger partial charge is 0.254 e. The number of methoxy groups -OCH3 is 1. The maximum atomic E-state index is 13.7. The number of nitrogens with zero attached hydrogens (tertiary/aromatic N) is 5. The maximum Gasteiger partial charge on any atom is 0.254 e. The van der Waals surface area contributed by atoms with E-state index in [9.17, 15) is 9.18 Å². The van der Waals surface area contributed by atoms with Crippen molar-refractivity contribution in [1.29, 1.82) is 0 Å². The van der Waals surface area contributed by atoms with Gasteiger partial charge in [0.2, 0.25) is 0 Å². The number of hydrogen-bond acceptors (Lipinski definition) is 5. The van der Waals surface area contributed by atoms with Crippen molar-refractivity contribution in [3.63, 3.8) is 0 Å². The molecule has 1 saturated heterocycles. The lowest BCUT2D eigenvalue weighted by Gasteiger charge is -2.26. The lowest BCUT2D eigenvalue weighted by atomic mass is 9.96. The molecule has 3 aromatic heterocycles. The Labute approximate surface area is 209 Å². The Kier molecular flexibility index (Phi) is 6.42. The summed E-state index contributed by atoms with van der Waals surface area (Å²) in [6, 6.07) is 9.37. The molecule has 3 unspecified atom stereocenters. The van der Waals surface area contributed by atoms with Crippen LogP contribution in [-0.2, 0) is 13.6 Å². The van der Waals surface area contributed by atoms with Crippen molar-refractivity contribution in [2.45, 2.75) is 45.3 Å². The molecule has 4 heterocycles. The quantitative estimate of drug-likeness (QED) is 0.418. The van der Waals surface area contributed by atoms with Gasteiger partial charge in [-0.25, -0.2) is 14.4 Å². The molecule has 0 saturated carbocycles. The highest BCUT2D eigenvalue weighted by Crippen LogP contribution is 2.35. The second kappa shape index (κ2) is 9.54. The molecular weight excluding hydrogens is 459 g/mol. The summed E-state index contributed by atoms with van der Waals surface area (Å²) in [5.74, 6) is 1.44. The van der Waals surface area contributed by atoms with Gasteiger partial charge in [-0.3, -0.25) is 4.79 Å². The van der Waals surface area contributed by atoms with Gasteiger partial charge in [0.15, 0.2) is 5.82 Å². The van der Waals surface area contributed by atoms with Crippen LogP contribution in [0.3, 0.4) is 0 Å². The van der Waals surface area contributed by atoms with Crippen LogP contribution < -0.4 is 10.5 Å². The lowest BCUT2D eigenvalue weighted by molar-refractivity contribution is 0.0724. The zero-order valence-corrected chi connectivity index (χ0v) is 21.2. The maximum absolute atomic E-state index is 13.7. The molecule has 190 valence electrons. The highest BCUT2D eigenvalue weighted by atomic mass is 19.1. The number of rotatable bonds is 7. The highest BCUT2D eigenvalue weighted by Gasteiger charge is 2.40. The third kappa shape index (κ3) is 3.73. The minimum atomic E-state index is -0.519. The lowest BCUT2D eigenvalue weighted by Crippen LogP contribution is -2.42. The van der Waals surface area contributed by atoms with Gasteiger partial charge in [-0.1, -0.05) is 20.3 Å². The second-order valence-electron chi connectivity index (χ2n) is 9.51. The minimum Gasteiger partial charge on any atom is -0.494 e. The van der Waals surface area contributed by atoms with E-state index in [1.54, 1.807) is 19.4 Å². The molecule has 0 aliphatic carbocycles. The number of alkyl halides is 1. The van der Waals surface area contributed by atoms with Crippen molar-refractivity contribution < 1.29 is 13.9 Å². The standard InChI is InChI=1S/C27H33FN6O2/c1-5-16-15-34(20(6-2)23(16)29)27(35)18-12-19-24(22(14-18)36-4)32(3)26(31-19)21-13-17-8-7-10-30-25(17)33(21)11-9-28/h7-8,10,12-14,16,20,23H,5-6,9,11,15,29H2,1-4H3. The van der Waals surface area contributed by atoms with Crippen LogP contribution in [-0.4, -0.2) is 62.3 Å². The van der Waals surface area contributed by atoms with Crippen LogP contribution in [0.15, 0.2) is 36.5 Å². The summed E-state index contributed by atoms with van der Waals surface area (Å²) in [5.41, 5.74) is 9.90. The van der Waals surface area contributed by atoms with Crippen LogP contribution >= 0.6 is 0 Å². The molecule has 5 rings (SSSR count). The highest BCUT2D eigenvalue weighted by molar-refractivity contribution is 6.00. The number of aryl methyl sites for hydroxylation is 2.